The number of phenolic OH excluding ortho intramolecular Hbond substituents is 1. The van der Waals surface area contributed by atoms with Gasteiger partial charge in [-0.1, -0.05) is 23.8 Å². The highest BCUT2D eigenvalue weighted by molar-refractivity contribution is 8.21. The molecular weight excluding hydrogens is 336 g/mol. The van der Waals surface area contributed by atoms with E-state index in [-0.39, 0.29) is 15.2 Å². The van der Waals surface area contributed by atoms with Gasteiger partial charge in [-0.3, -0.25) is 4.79 Å². The predicted molar refractivity (Wildman–Crippen MR) is 103 cm³/mol. The molecular formula is C20H22O2S2. The Labute approximate surface area is 151 Å². The molecule has 1 aromatic carbocycles. The van der Waals surface area contributed by atoms with E-state index in [9.17, 15) is 9.90 Å². The van der Waals surface area contributed by atoms with Gasteiger partial charge in [-0.2, -0.15) is 0 Å². The maximum Gasteiger partial charge on any atom is 0.168 e. The van der Waals surface area contributed by atoms with Crippen LogP contribution in [-0.2, 0) is 4.79 Å². The van der Waals surface area contributed by atoms with Crippen molar-refractivity contribution in [3.63, 3.8) is 0 Å². The van der Waals surface area contributed by atoms with Gasteiger partial charge < -0.3 is 5.11 Å². The topological polar surface area (TPSA) is 37.3 Å². The van der Waals surface area contributed by atoms with Crippen LogP contribution in [0.3, 0.4) is 0 Å². The Morgan fingerprint density at radius 1 is 1.08 bits per heavy atom. The van der Waals surface area contributed by atoms with Gasteiger partial charge in [-0.15, -0.1) is 23.5 Å². The predicted octanol–water partition coefficient (Wildman–Crippen LogP) is 5.04. The molecule has 4 heteroatoms. The first kappa shape index (κ1) is 16.3. The molecule has 1 saturated heterocycles. The van der Waals surface area contributed by atoms with Crippen molar-refractivity contribution >= 4 is 35.4 Å². The quantitative estimate of drug-likeness (QED) is 0.564. The second kappa shape index (κ2) is 5.99. The minimum absolute atomic E-state index is 0.243. The fraction of sp³-hybridized carbons (Fsp3) is 0.450. The smallest absolute Gasteiger partial charge is 0.168 e. The van der Waals surface area contributed by atoms with Crippen LogP contribution in [0.5, 0.6) is 5.75 Å². The van der Waals surface area contributed by atoms with Gasteiger partial charge in [-0.05, 0) is 62.0 Å². The van der Waals surface area contributed by atoms with Crippen LogP contribution in [0.4, 0.5) is 0 Å². The summed E-state index contributed by atoms with van der Waals surface area (Å²) >= 11 is 4.13. The van der Waals surface area contributed by atoms with Crippen molar-refractivity contribution in [2.24, 2.45) is 5.41 Å². The third kappa shape index (κ3) is 2.74. The van der Waals surface area contributed by atoms with Crippen LogP contribution in [0, 0.1) is 5.41 Å². The molecule has 0 radical (unpaired) electrons. The highest BCUT2D eigenvalue weighted by Crippen LogP contribution is 2.57. The number of hydrogen-bond donors (Lipinski definition) is 1. The molecule has 1 aromatic rings. The summed E-state index contributed by atoms with van der Waals surface area (Å²) in [6.07, 6.45) is 8.33. The van der Waals surface area contributed by atoms with E-state index in [1.165, 1.54) is 17.1 Å². The van der Waals surface area contributed by atoms with E-state index in [1.807, 2.05) is 18.2 Å². The van der Waals surface area contributed by atoms with E-state index in [0.29, 0.717) is 5.78 Å². The second-order valence-corrected chi connectivity index (χ2v) is 10.2. The summed E-state index contributed by atoms with van der Waals surface area (Å²) < 4.78 is 0.243. The first-order valence-electron chi connectivity index (χ1n) is 8.55. The molecule has 24 heavy (non-hydrogen) atoms. The summed E-state index contributed by atoms with van der Waals surface area (Å²) in [5.74, 6) is 3.01. The van der Waals surface area contributed by atoms with E-state index < -0.39 is 0 Å². The van der Waals surface area contributed by atoms with Crippen molar-refractivity contribution in [3.8, 4) is 5.75 Å². The first-order chi connectivity index (χ1) is 11.5. The molecule has 1 atom stereocenters. The van der Waals surface area contributed by atoms with Gasteiger partial charge in [0.2, 0.25) is 0 Å². The third-order valence-corrected chi connectivity index (χ3v) is 8.95. The van der Waals surface area contributed by atoms with Gasteiger partial charge in [0.05, 0.1) is 9.49 Å². The van der Waals surface area contributed by atoms with Crippen LogP contribution in [0.25, 0.3) is 6.08 Å². The third-order valence-electron chi connectivity index (χ3n) is 5.54. The molecule has 1 heterocycles. The Morgan fingerprint density at radius 2 is 1.79 bits per heavy atom. The molecule has 0 bridgehead atoms. The average Bonchev–Trinajstić information content (AvgIpc) is 3.03. The lowest BCUT2D eigenvalue weighted by Gasteiger charge is -2.44. The molecule has 1 spiro atoms. The number of phenols is 1. The normalized spacial score (nSPS) is 30.5. The van der Waals surface area contributed by atoms with Crippen molar-refractivity contribution < 1.29 is 9.90 Å². The number of benzene rings is 1. The molecule has 3 aliphatic rings. The molecule has 1 aliphatic heterocycles. The molecule has 4 rings (SSSR count). The number of Topliss-reactive ketones (excluding diaryl/α,β-unsaturated/α-hetero) is 1. The van der Waals surface area contributed by atoms with Crippen LogP contribution < -0.4 is 0 Å². The number of allylic oxidation sites excluding steroid dienone is 2. The van der Waals surface area contributed by atoms with Crippen molar-refractivity contribution in [2.75, 3.05) is 11.5 Å². The standard InChI is InChI=1S/C20H22O2S2/c1-19-8-9-20(23-10-11-24-20)13-16(19)5-4-15(18(19)22)12-14-2-6-17(21)7-3-14/h2-3,6-7,12-13,21H,4-5,8-11H2,1H3/b15-12+. The van der Waals surface area contributed by atoms with Gasteiger partial charge in [0.1, 0.15) is 5.75 Å². The molecule has 2 nitrogen and oxygen atoms in total. The van der Waals surface area contributed by atoms with Crippen molar-refractivity contribution in [2.45, 2.75) is 36.7 Å². The van der Waals surface area contributed by atoms with E-state index in [0.717, 1.165) is 36.8 Å². The molecule has 2 aliphatic carbocycles. The molecule has 1 N–H and O–H groups in total. The van der Waals surface area contributed by atoms with Gasteiger partial charge in [0.15, 0.2) is 5.78 Å². The lowest BCUT2D eigenvalue weighted by molar-refractivity contribution is -0.123. The van der Waals surface area contributed by atoms with E-state index in [1.54, 1.807) is 12.1 Å². The van der Waals surface area contributed by atoms with E-state index in [2.05, 4.69) is 36.5 Å². The van der Waals surface area contributed by atoms with Crippen molar-refractivity contribution in [3.05, 3.63) is 47.1 Å². The zero-order valence-electron chi connectivity index (χ0n) is 13.9. The van der Waals surface area contributed by atoms with Gasteiger partial charge >= 0.3 is 0 Å². The maximum absolute atomic E-state index is 13.2. The zero-order valence-corrected chi connectivity index (χ0v) is 15.5. The summed E-state index contributed by atoms with van der Waals surface area (Å²) in [6.45, 7) is 2.14. The second-order valence-electron chi connectivity index (χ2n) is 7.10. The van der Waals surface area contributed by atoms with Crippen molar-refractivity contribution in [1.82, 2.24) is 0 Å². The minimum atomic E-state index is -0.310. The van der Waals surface area contributed by atoms with Gasteiger partial charge in [-0.25, -0.2) is 0 Å². The molecule has 126 valence electrons. The molecule has 1 unspecified atom stereocenters. The van der Waals surface area contributed by atoms with Gasteiger partial charge in [0.25, 0.3) is 0 Å². The van der Waals surface area contributed by atoms with Crippen LogP contribution in [0.2, 0.25) is 0 Å². The largest absolute Gasteiger partial charge is 0.508 e. The SMILES string of the molecule is CC12CCC3(C=C1CC/C(=C\c1ccc(O)cc1)C2=O)SCCS3. The number of rotatable bonds is 1. The highest BCUT2D eigenvalue weighted by Gasteiger charge is 2.49. The van der Waals surface area contributed by atoms with Crippen LogP contribution in [-0.4, -0.2) is 26.5 Å². The first-order valence-corrected chi connectivity index (χ1v) is 10.5. The average molecular weight is 359 g/mol. The van der Waals surface area contributed by atoms with Crippen LogP contribution in [0.15, 0.2) is 41.5 Å². The van der Waals surface area contributed by atoms with Gasteiger partial charge in [0, 0.05) is 11.5 Å². The maximum atomic E-state index is 13.2. The zero-order chi connectivity index (χ0) is 16.8. The Bertz CT molecular complexity index is 727. The van der Waals surface area contributed by atoms with Crippen LogP contribution >= 0.6 is 23.5 Å². The van der Waals surface area contributed by atoms with Crippen molar-refractivity contribution in [1.29, 1.82) is 0 Å². The Morgan fingerprint density at radius 3 is 2.50 bits per heavy atom. The minimum Gasteiger partial charge on any atom is -0.508 e. The number of ketones is 1. The number of thioether (sulfide) groups is 2. The summed E-state index contributed by atoms with van der Waals surface area (Å²) in [4.78, 5) is 13.2. The summed E-state index contributed by atoms with van der Waals surface area (Å²) in [5, 5.41) is 9.41. The number of aromatic hydroxyl groups is 1. The summed E-state index contributed by atoms with van der Waals surface area (Å²) in [5.41, 5.74) is 2.98. The lowest BCUT2D eigenvalue weighted by atomic mass is 9.63. The molecule has 0 aromatic heterocycles. The molecule has 1 saturated carbocycles. The number of carbonyl (C=O) groups excluding carboxylic acids is 1. The Balaban J connectivity index is 1.64. The molecule has 2 fully saturated rings. The van der Waals surface area contributed by atoms with Crippen LogP contribution in [0.1, 0.15) is 38.2 Å². The number of fused-ring (bicyclic) bond motifs is 1. The fourth-order valence-corrected chi connectivity index (χ4v) is 7.17. The summed E-state index contributed by atoms with van der Waals surface area (Å²) in [6, 6.07) is 7.08. The fourth-order valence-electron chi connectivity index (χ4n) is 4.03. The molecule has 0 amide bonds. The Hall–Kier alpha value is -1.13. The summed E-state index contributed by atoms with van der Waals surface area (Å²) in [7, 11) is 0. The lowest BCUT2D eigenvalue weighted by Crippen LogP contribution is -2.40. The van der Waals surface area contributed by atoms with E-state index >= 15 is 0 Å². The number of hydrogen-bond acceptors (Lipinski definition) is 4. The van der Waals surface area contributed by atoms with E-state index in [4.69, 9.17) is 0 Å². The highest BCUT2D eigenvalue weighted by atomic mass is 32.2. The number of carbonyl (C=O) groups is 1. The Kier molecular flexibility index (Phi) is 4.08. The monoisotopic (exact) mass is 358 g/mol.